The predicted octanol–water partition coefficient (Wildman–Crippen LogP) is 4.28. The Hall–Kier alpha value is -2.96. The van der Waals surface area contributed by atoms with Gasteiger partial charge in [-0.15, -0.1) is 0 Å². The summed E-state index contributed by atoms with van der Waals surface area (Å²) < 4.78 is 14.1. The number of amides is 1. The van der Waals surface area contributed by atoms with Crippen LogP contribution in [0.1, 0.15) is 35.2 Å². The lowest BCUT2D eigenvalue weighted by atomic mass is 10.1. The molecule has 0 bridgehead atoms. The fraction of sp³-hybridized carbons (Fsp3) is 0.316. The highest BCUT2D eigenvalue weighted by atomic mass is 19.1. The first kappa shape index (κ1) is 17.8. The normalized spacial score (nSPS) is 14.2. The van der Waals surface area contributed by atoms with Crippen LogP contribution >= 0.6 is 0 Å². The van der Waals surface area contributed by atoms with E-state index in [1.165, 1.54) is 24.3 Å². The highest BCUT2D eigenvalue weighted by Gasteiger charge is 2.22. The summed E-state index contributed by atoms with van der Waals surface area (Å²) in [4.78, 5) is 25.4. The van der Waals surface area contributed by atoms with E-state index in [1.807, 2.05) is 4.90 Å². The summed E-state index contributed by atoms with van der Waals surface area (Å²) in [6.07, 6.45) is 3.13. The molecule has 2 aromatic rings. The summed E-state index contributed by atoms with van der Waals surface area (Å²) in [5.41, 5.74) is 1.45. The first-order valence-corrected chi connectivity index (χ1v) is 8.56. The van der Waals surface area contributed by atoms with E-state index in [2.05, 4.69) is 5.32 Å². The van der Waals surface area contributed by atoms with Crippen molar-refractivity contribution in [2.75, 3.05) is 23.3 Å². The second-order valence-corrected chi connectivity index (χ2v) is 6.44. The van der Waals surface area contributed by atoms with Crippen molar-refractivity contribution < 1.29 is 14.1 Å². The number of benzene rings is 2. The molecule has 1 aliphatic rings. The molecule has 0 radical (unpaired) electrons. The molecule has 26 heavy (non-hydrogen) atoms. The Kier molecular flexibility index (Phi) is 5.16. The molecule has 7 heteroatoms. The summed E-state index contributed by atoms with van der Waals surface area (Å²) in [7, 11) is 0. The van der Waals surface area contributed by atoms with E-state index >= 15 is 0 Å². The second-order valence-electron chi connectivity index (χ2n) is 6.44. The van der Waals surface area contributed by atoms with Gasteiger partial charge in [-0.2, -0.15) is 0 Å². The maximum Gasteiger partial charge on any atom is 0.270 e. The molecule has 0 unspecified atom stereocenters. The molecule has 1 N–H and O–H groups in total. The quantitative estimate of drug-likeness (QED) is 0.654. The summed E-state index contributed by atoms with van der Waals surface area (Å²) in [5.74, 6) is -1.10. The molecule has 1 aliphatic heterocycles. The number of anilines is 2. The van der Waals surface area contributed by atoms with E-state index in [-0.39, 0.29) is 16.9 Å². The van der Waals surface area contributed by atoms with Crippen LogP contribution in [-0.2, 0) is 0 Å². The molecule has 1 heterocycles. The third kappa shape index (κ3) is 3.82. The molecule has 136 valence electrons. The summed E-state index contributed by atoms with van der Waals surface area (Å²) in [5, 5.41) is 13.6. The van der Waals surface area contributed by atoms with Crippen LogP contribution in [0.25, 0.3) is 0 Å². The maximum absolute atomic E-state index is 14.1. The smallest absolute Gasteiger partial charge is 0.270 e. The van der Waals surface area contributed by atoms with E-state index < -0.39 is 16.6 Å². The lowest BCUT2D eigenvalue weighted by Gasteiger charge is -2.30. The van der Waals surface area contributed by atoms with Crippen molar-refractivity contribution in [2.24, 2.45) is 0 Å². The molecular formula is C19H20FN3O3. The van der Waals surface area contributed by atoms with Gasteiger partial charge in [0.2, 0.25) is 0 Å². The van der Waals surface area contributed by atoms with E-state index in [0.29, 0.717) is 5.69 Å². The standard InChI is InChI=1S/C19H20FN3O3/c1-13-5-7-17(16(20)11-13)21-19(24)15-12-14(23(25)26)6-8-18(15)22-9-3-2-4-10-22/h5-8,11-12H,2-4,9-10H2,1H3,(H,21,24). The Morgan fingerprint density at radius 3 is 2.54 bits per heavy atom. The third-order valence-electron chi connectivity index (χ3n) is 4.51. The SMILES string of the molecule is Cc1ccc(NC(=O)c2cc([N+](=O)[O-])ccc2N2CCCCC2)c(F)c1. The van der Waals surface area contributed by atoms with Crippen molar-refractivity contribution in [1.82, 2.24) is 0 Å². The van der Waals surface area contributed by atoms with Crippen molar-refractivity contribution in [2.45, 2.75) is 26.2 Å². The van der Waals surface area contributed by atoms with Gasteiger partial charge in [-0.05, 0) is 49.9 Å². The topological polar surface area (TPSA) is 75.5 Å². The molecule has 0 saturated carbocycles. The predicted molar refractivity (Wildman–Crippen MR) is 98.3 cm³/mol. The molecule has 1 amide bonds. The molecule has 0 aromatic heterocycles. The van der Waals surface area contributed by atoms with Crippen LogP contribution in [0.4, 0.5) is 21.5 Å². The van der Waals surface area contributed by atoms with E-state index in [9.17, 15) is 19.3 Å². The van der Waals surface area contributed by atoms with Gasteiger partial charge in [0, 0.05) is 25.2 Å². The van der Waals surface area contributed by atoms with E-state index in [4.69, 9.17) is 0 Å². The number of nitro groups is 1. The number of aryl methyl sites for hydroxylation is 1. The van der Waals surface area contributed by atoms with Crippen molar-refractivity contribution >= 4 is 23.0 Å². The maximum atomic E-state index is 14.1. The second kappa shape index (κ2) is 7.51. The summed E-state index contributed by atoms with van der Waals surface area (Å²) >= 11 is 0. The number of carbonyl (C=O) groups excluding carboxylic acids is 1. The number of nitrogens with zero attached hydrogens (tertiary/aromatic N) is 2. The minimum atomic E-state index is -0.558. The lowest BCUT2D eigenvalue weighted by molar-refractivity contribution is -0.384. The van der Waals surface area contributed by atoms with Gasteiger partial charge >= 0.3 is 0 Å². The summed E-state index contributed by atoms with van der Waals surface area (Å²) in [6.45, 7) is 3.33. The van der Waals surface area contributed by atoms with Gasteiger partial charge in [0.1, 0.15) is 5.82 Å². The molecule has 1 fully saturated rings. The van der Waals surface area contributed by atoms with Gasteiger partial charge in [-0.3, -0.25) is 14.9 Å². The van der Waals surface area contributed by atoms with Gasteiger partial charge in [0.25, 0.3) is 11.6 Å². The van der Waals surface area contributed by atoms with Crippen LogP contribution in [0.2, 0.25) is 0 Å². The highest BCUT2D eigenvalue weighted by Crippen LogP contribution is 2.29. The molecule has 3 rings (SSSR count). The van der Waals surface area contributed by atoms with E-state index in [0.717, 1.165) is 37.9 Å². The van der Waals surface area contributed by atoms with Gasteiger partial charge < -0.3 is 10.2 Å². The fourth-order valence-electron chi connectivity index (χ4n) is 3.14. The molecular weight excluding hydrogens is 337 g/mol. The third-order valence-corrected chi connectivity index (χ3v) is 4.51. The van der Waals surface area contributed by atoms with Crippen LogP contribution in [0.5, 0.6) is 0 Å². The Morgan fingerprint density at radius 1 is 1.15 bits per heavy atom. The first-order valence-electron chi connectivity index (χ1n) is 8.56. The summed E-state index contributed by atoms with van der Waals surface area (Å²) in [6, 6.07) is 8.76. The Bertz CT molecular complexity index is 848. The van der Waals surface area contributed by atoms with Crippen molar-refractivity contribution in [3.8, 4) is 0 Å². The zero-order valence-electron chi connectivity index (χ0n) is 14.5. The van der Waals surface area contributed by atoms with Crippen LogP contribution in [0.15, 0.2) is 36.4 Å². The van der Waals surface area contributed by atoms with Gasteiger partial charge in [0.05, 0.1) is 21.9 Å². The number of nitro benzene ring substituents is 1. The Balaban J connectivity index is 1.95. The molecule has 6 nitrogen and oxygen atoms in total. The zero-order valence-corrected chi connectivity index (χ0v) is 14.5. The molecule has 2 aromatic carbocycles. The van der Waals surface area contributed by atoms with Crippen LogP contribution in [0.3, 0.4) is 0 Å². The Morgan fingerprint density at radius 2 is 1.88 bits per heavy atom. The molecule has 0 aliphatic carbocycles. The molecule has 0 atom stereocenters. The number of piperidine rings is 1. The van der Waals surface area contributed by atoms with Crippen molar-refractivity contribution in [1.29, 1.82) is 0 Å². The van der Waals surface area contributed by atoms with Gasteiger partial charge in [-0.1, -0.05) is 6.07 Å². The number of non-ortho nitro benzene ring substituents is 1. The lowest BCUT2D eigenvalue weighted by Crippen LogP contribution is -2.31. The average Bonchev–Trinajstić information content (AvgIpc) is 2.64. The highest BCUT2D eigenvalue weighted by molar-refractivity contribution is 6.08. The minimum Gasteiger partial charge on any atom is -0.371 e. The number of rotatable bonds is 4. The number of hydrogen-bond donors (Lipinski definition) is 1. The number of carbonyl (C=O) groups is 1. The fourth-order valence-corrected chi connectivity index (χ4v) is 3.14. The van der Waals surface area contributed by atoms with E-state index in [1.54, 1.807) is 19.1 Å². The largest absolute Gasteiger partial charge is 0.371 e. The van der Waals surface area contributed by atoms with Crippen LogP contribution in [-0.4, -0.2) is 23.9 Å². The first-order chi connectivity index (χ1) is 12.5. The average molecular weight is 357 g/mol. The number of hydrogen-bond acceptors (Lipinski definition) is 4. The van der Waals surface area contributed by atoms with Crippen LogP contribution < -0.4 is 10.2 Å². The molecule has 1 saturated heterocycles. The van der Waals surface area contributed by atoms with Crippen LogP contribution in [0, 0.1) is 22.9 Å². The zero-order chi connectivity index (χ0) is 18.7. The van der Waals surface area contributed by atoms with Crippen molar-refractivity contribution in [3.63, 3.8) is 0 Å². The Labute approximate surface area is 150 Å². The van der Waals surface area contributed by atoms with Gasteiger partial charge in [-0.25, -0.2) is 4.39 Å². The minimum absolute atomic E-state index is 0.0525. The monoisotopic (exact) mass is 357 g/mol. The molecule has 0 spiro atoms. The van der Waals surface area contributed by atoms with Gasteiger partial charge in [0.15, 0.2) is 0 Å². The van der Waals surface area contributed by atoms with Crippen molar-refractivity contribution in [3.05, 3.63) is 63.5 Å². The number of nitrogens with one attached hydrogen (secondary N) is 1. The number of halogens is 1.